The van der Waals surface area contributed by atoms with Crippen molar-refractivity contribution in [2.75, 3.05) is 0 Å². The Morgan fingerprint density at radius 1 is 0.431 bits per heavy atom. The van der Waals surface area contributed by atoms with Crippen molar-refractivity contribution >= 4 is 10.9 Å². The first-order valence-electron chi connectivity index (χ1n) is 17.6. The van der Waals surface area contributed by atoms with E-state index in [0.29, 0.717) is 0 Å². The number of hydrogen-bond donors (Lipinski definition) is 0. The molecular formula is C45H60F3N3. The molecule has 0 unspecified atom stereocenters. The van der Waals surface area contributed by atoms with Crippen LogP contribution in [0.5, 0.6) is 0 Å². The van der Waals surface area contributed by atoms with Gasteiger partial charge in [-0.2, -0.15) is 13.2 Å². The van der Waals surface area contributed by atoms with Crippen LogP contribution < -0.4 is 0 Å². The zero-order valence-corrected chi connectivity index (χ0v) is 33.6. The van der Waals surface area contributed by atoms with Crippen LogP contribution in [0.25, 0.3) is 10.9 Å². The number of alkyl halides is 3. The maximum absolute atomic E-state index is 12.2. The van der Waals surface area contributed by atoms with E-state index in [4.69, 9.17) is 4.98 Å². The van der Waals surface area contributed by atoms with Gasteiger partial charge in [0.1, 0.15) is 5.69 Å². The topological polar surface area (TPSA) is 38.7 Å². The Balaban J connectivity index is 0.000000238. The summed E-state index contributed by atoms with van der Waals surface area (Å²) in [6.07, 6.45) is -1.15. The van der Waals surface area contributed by atoms with Crippen LogP contribution in [0.3, 0.4) is 0 Å². The van der Waals surface area contributed by atoms with E-state index >= 15 is 0 Å². The molecule has 0 bridgehead atoms. The molecule has 0 aliphatic heterocycles. The summed E-state index contributed by atoms with van der Waals surface area (Å²) in [5, 5.41) is 1.23. The summed E-state index contributed by atoms with van der Waals surface area (Å²) in [6.45, 7) is 31.9. The predicted octanol–water partition coefficient (Wildman–Crippen LogP) is 13.2. The van der Waals surface area contributed by atoms with E-state index in [-0.39, 0.29) is 21.7 Å². The van der Waals surface area contributed by atoms with E-state index in [2.05, 4.69) is 160 Å². The summed E-state index contributed by atoms with van der Waals surface area (Å²) in [7, 11) is 0. The van der Waals surface area contributed by atoms with Crippen molar-refractivity contribution in [3.05, 3.63) is 136 Å². The molecule has 5 aromatic rings. The number of nitrogens with zero attached hydrogens (tertiary/aromatic N) is 3. The molecule has 3 heterocycles. The number of aryl methyl sites for hydroxylation is 3. The summed E-state index contributed by atoms with van der Waals surface area (Å²) in [4.78, 5) is 12.5. The second-order valence-corrected chi connectivity index (χ2v) is 17.4. The molecule has 0 N–H and O–H groups in total. The minimum absolute atomic E-state index is 0.121. The SMILES string of the molecule is CC(C)(C)c1ccc(C(F)(F)F)nc1.Cc1ccc(C(C)(C)C)cc1.Cc1ccc(C(C)(C)C)nc1.Cc1cccc2ccc(C(C)(C)C)nc12. The minimum atomic E-state index is -4.35. The molecule has 6 heteroatoms. The molecule has 0 spiro atoms. The lowest BCUT2D eigenvalue weighted by molar-refractivity contribution is -0.141. The average Bonchev–Trinajstić information content (AvgIpc) is 3.00. The van der Waals surface area contributed by atoms with Gasteiger partial charge in [-0.15, -0.1) is 0 Å². The maximum atomic E-state index is 12.2. The molecule has 0 atom stereocenters. The van der Waals surface area contributed by atoms with Gasteiger partial charge in [0.2, 0.25) is 0 Å². The lowest BCUT2D eigenvalue weighted by Gasteiger charge is -2.18. The fourth-order valence-corrected chi connectivity index (χ4v) is 4.68. The van der Waals surface area contributed by atoms with Crippen LogP contribution in [-0.4, -0.2) is 15.0 Å². The minimum Gasteiger partial charge on any atom is -0.260 e. The van der Waals surface area contributed by atoms with Crippen molar-refractivity contribution in [2.45, 2.75) is 132 Å². The third kappa shape index (κ3) is 14.2. The Morgan fingerprint density at radius 2 is 0.902 bits per heavy atom. The lowest BCUT2D eigenvalue weighted by atomic mass is 9.87. The Labute approximate surface area is 306 Å². The van der Waals surface area contributed by atoms with Crippen LogP contribution in [0.4, 0.5) is 13.2 Å². The Morgan fingerprint density at radius 3 is 1.33 bits per heavy atom. The third-order valence-electron chi connectivity index (χ3n) is 8.21. The molecule has 5 rings (SSSR count). The largest absolute Gasteiger partial charge is 0.433 e. The zero-order valence-electron chi connectivity index (χ0n) is 33.6. The number of fused-ring (bicyclic) bond motifs is 1. The second-order valence-electron chi connectivity index (χ2n) is 17.4. The highest BCUT2D eigenvalue weighted by Gasteiger charge is 2.32. The summed E-state index contributed by atoms with van der Waals surface area (Å²) in [5.41, 5.74) is 9.01. The Bertz CT molecular complexity index is 1700. The van der Waals surface area contributed by atoms with Crippen LogP contribution in [0.15, 0.2) is 91.3 Å². The van der Waals surface area contributed by atoms with Crippen molar-refractivity contribution in [3.8, 4) is 0 Å². The zero-order chi connectivity index (χ0) is 39.0. The molecule has 0 radical (unpaired) electrons. The molecule has 51 heavy (non-hydrogen) atoms. The van der Waals surface area contributed by atoms with Crippen molar-refractivity contribution in [3.63, 3.8) is 0 Å². The molecule has 2 aromatic carbocycles. The fraction of sp³-hybridized carbons (Fsp3) is 0.444. The molecule has 0 amide bonds. The van der Waals surface area contributed by atoms with E-state index in [1.54, 1.807) is 0 Å². The molecule has 0 saturated carbocycles. The van der Waals surface area contributed by atoms with Gasteiger partial charge in [-0.25, -0.2) is 0 Å². The molecular weight excluding hydrogens is 640 g/mol. The van der Waals surface area contributed by atoms with E-state index < -0.39 is 11.9 Å². The molecule has 0 aliphatic carbocycles. The Hall–Kier alpha value is -4.06. The molecule has 0 saturated heterocycles. The van der Waals surface area contributed by atoms with Crippen LogP contribution >= 0.6 is 0 Å². The maximum Gasteiger partial charge on any atom is 0.433 e. The van der Waals surface area contributed by atoms with Gasteiger partial charge in [0, 0.05) is 40.0 Å². The van der Waals surface area contributed by atoms with Crippen LogP contribution in [-0.2, 0) is 27.8 Å². The standard InChI is InChI=1S/C14H17N.C11H16.C10H12F3N.C10H15N/c1-10-6-5-7-11-8-9-12(14(2,3)4)15-13(10)11;1-9-5-7-10(8-6-9)11(2,3)4;1-9(2,3)7-4-5-8(14-6-7)10(11,12)13;1-8-5-6-9(11-7-8)10(2,3)4/h5-9H,1-4H3;5-8H,1-4H3;4-6H,1-3H3;5-7H,1-4H3. The van der Waals surface area contributed by atoms with Gasteiger partial charge < -0.3 is 0 Å². The van der Waals surface area contributed by atoms with Gasteiger partial charge in [0.05, 0.1) is 5.52 Å². The monoisotopic (exact) mass is 699 g/mol. The first-order chi connectivity index (χ1) is 23.2. The average molecular weight is 700 g/mol. The highest BCUT2D eigenvalue weighted by atomic mass is 19.4. The fourth-order valence-electron chi connectivity index (χ4n) is 4.68. The number of benzene rings is 2. The summed E-state index contributed by atoms with van der Waals surface area (Å²) in [5.74, 6) is 0. The third-order valence-corrected chi connectivity index (χ3v) is 8.21. The smallest absolute Gasteiger partial charge is 0.260 e. The van der Waals surface area contributed by atoms with E-state index in [1.807, 2.05) is 27.0 Å². The van der Waals surface area contributed by atoms with E-state index in [9.17, 15) is 13.2 Å². The first kappa shape index (κ1) is 43.1. The Kier molecular flexibility index (Phi) is 14.3. The van der Waals surface area contributed by atoms with Crippen LogP contribution in [0.1, 0.15) is 128 Å². The molecule has 276 valence electrons. The van der Waals surface area contributed by atoms with Gasteiger partial charge in [-0.1, -0.05) is 149 Å². The molecule has 3 aromatic heterocycles. The molecule has 0 aliphatic rings. The van der Waals surface area contributed by atoms with E-state index in [0.717, 1.165) is 28.5 Å². The number of hydrogen-bond acceptors (Lipinski definition) is 3. The number of pyridine rings is 3. The van der Waals surface area contributed by atoms with Crippen molar-refractivity contribution < 1.29 is 13.2 Å². The van der Waals surface area contributed by atoms with Gasteiger partial charge in [-0.3, -0.25) is 15.0 Å². The lowest BCUT2D eigenvalue weighted by Crippen LogP contribution is -2.14. The van der Waals surface area contributed by atoms with Crippen LogP contribution in [0.2, 0.25) is 0 Å². The van der Waals surface area contributed by atoms with E-state index in [1.165, 1.54) is 39.9 Å². The summed E-state index contributed by atoms with van der Waals surface area (Å²) < 4.78 is 36.5. The highest BCUT2D eigenvalue weighted by Crippen LogP contribution is 2.29. The quantitative estimate of drug-likeness (QED) is 0.161. The van der Waals surface area contributed by atoms with Crippen LogP contribution in [0, 0.1) is 20.8 Å². The first-order valence-corrected chi connectivity index (χ1v) is 17.6. The van der Waals surface area contributed by atoms with Gasteiger partial charge in [-0.05, 0) is 72.1 Å². The van der Waals surface area contributed by atoms with Gasteiger partial charge in [0.15, 0.2) is 0 Å². The van der Waals surface area contributed by atoms with Gasteiger partial charge >= 0.3 is 6.18 Å². The highest BCUT2D eigenvalue weighted by molar-refractivity contribution is 5.81. The summed E-state index contributed by atoms with van der Waals surface area (Å²) in [6, 6.07) is 26.0. The molecule has 3 nitrogen and oxygen atoms in total. The summed E-state index contributed by atoms with van der Waals surface area (Å²) >= 11 is 0. The van der Waals surface area contributed by atoms with Crippen molar-refractivity contribution in [2.24, 2.45) is 0 Å². The van der Waals surface area contributed by atoms with Crippen molar-refractivity contribution in [1.29, 1.82) is 0 Å². The number of para-hydroxylation sites is 1. The van der Waals surface area contributed by atoms with Gasteiger partial charge in [0.25, 0.3) is 0 Å². The molecule has 0 fully saturated rings. The second kappa shape index (κ2) is 17.0. The normalized spacial score (nSPS) is 12.1. The number of halogens is 3. The number of aromatic nitrogens is 3. The predicted molar refractivity (Wildman–Crippen MR) is 211 cm³/mol. The number of rotatable bonds is 0. The van der Waals surface area contributed by atoms with Crippen molar-refractivity contribution in [1.82, 2.24) is 15.0 Å².